The van der Waals surface area contributed by atoms with Crippen molar-refractivity contribution in [2.75, 3.05) is 118 Å². The Bertz CT molecular complexity index is 395. The maximum Gasteiger partial charge on any atom is 0.0110 e. The van der Waals surface area contributed by atoms with Crippen LogP contribution in [0.15, 0.2) is 0 Å². The summed E-state index contributed by atoms with van der Waals surface area (Å²) in [4.78, 5) is 16.4. The van der Waals surface area contributed by atoms with Gasteiger partial charge in [0.15, 0.2) is 0 Å². The fourth-order valence-electron chi connectivity index (χ4n) is 6.11. The highest BCUT2D eigenvalue weighted by molar-refractivity contribution is 4.75. The van der Waals surface area contributed by atoms with E-state index in [1.54, 1.807) is 0 Å². The molecular weight excluding hydrogens is 396 g/mol. The number of hydrogen-bond acceptors (Lipinski definition) is 6. The molecule has 4 fully saturated rings. The normalized spacial score (nSPS) is 24.2. The second-order valence-corrected chi connectivity index (χ2v) is 10.9. The van der Waals surface area contributed by atoms with Crippen LogP contribution in [0.1, 0.15) is 51.4 Å². The summed E-state index contributed by atoms with van der Waals surface area (Å²) in [5, 5.41) is 0. The molecule has 0 spiro atoms. The Hall–Kier alpha value is -0.240. The van der Waals surface area contributed by atoms with Crippen LogP contribution in [0.25, 0.3) is 0 Å². The molecule has 0 aliphatic carbocycles. The predicted molar refractivity (Wildman–Crippen MR) is 136 cm³/mol. The summed E-state index contributed by atoms with van der Waals surface area (Å²) in [5.41, 5.74) is 0. The van der Waals surface area contributed by atoms with Crippen LogP contribution < -0.4 is 0 Å². The van der Waals surface area contributed by atoms with Gasteiger partial charge in [-0.1, -0.05) is 0 Å². The van der Waals surface area contributed by atoms with Crippen LogP contribution in [0.5, 0.6) is 0 Å². The van der Waals surface area contributed by atoms with Crippen LogP contribution in [0, 0.1) is 0 Å². The molecule has 0 N–H and O–H groups in total. The molecule has 0 unspecified atom stereocenters. The first-order chi connectivity index (χ1) is 15.8. The first kappa shape index (κ1) is 24.9. The van der Waals surface area contributed by atoms with Crippen molar-refractivity contribution in [2.24, 2.45) is 0 Å². The van der Waals surface area contributed by atoms with Gasteiger partial charge in [-0.15, -0.1) is 0 Å². The Morgan fingerprint density at radius 3 is 0.750 bits per heavy atom. The van der Waals surface area contributed by atoms with E-state index in [0.717, 1.165) is 0 Å². The van der Waals surface area contributed by atoms with Crippen molar-refractivity contribution < 1.29 is 0 Å². The van der Waals surface area contributed by atoms with Crippen LogP contribution in [0.2, 0.25) is 0 Å². The summed E-state index contributed by atoms with van der Waals surface area (Å²) in [5.74, 6) is 0. The summed E-state index contributed by atoms with van der Waals surface area (Å²) in [6.07, 6.45) is 11.3. The molecule has 0 aromatic heterocycles. The fourth-order valence-corrected chi connectivity index (χ4v) is 6.11. The van der Waals surface area contributed by atoms with Gasteiger partial charge in [0.05, 0.1) is 0 Å². The molecule has 6 nitrogen and oxygen atoms in total. The third kappa shape index (κ3) is 8.84. The second kappa shape index (κ2) is 14.2. The van der Waals surface area contributed by atoms with Crippen molar-refractivity contribution in [2.45, 2.75) is 51.4 Å². The van der Waals surface area contributed by atoms with Crippen LogP contribution in [0.3, 0.4) is 0 Å². The fraction of sp³-hybridized carbons (Fsp3) is 1.00. The monoisotopic (exact) mass is 448 g/mol. The zero-order chi connectivity index (χ0) is 21.8. The lowest BCUT2D eigenvalue weighted by Gasteiger charge is -2.31. The molecular formula is C26H52N6. The van der Waals surface area contributed by atoms with Crippen LogP contribution in [0.4, 0.5) is 0 Å². The molecule has 32 heavy (non-hydrogen) atoms. The Balaban J connectivity index is 1.23. The molecule has 0 aromatic carbocycles. The van der Waals surface area contributed by atoms with Gasteiger partial charge < -0.3 is 19.6 Å². The Labute approximate surface area is 198 Å². The highest BCUT2D eigenvalue weighted by Gasteiger charge is 2.19. The van der Waals surface area contributed by atoms with Gasteiger partial charge >= 0.3 is 0 Å². The summed E-state index contributed by atoms with van der Waals surface area (Å²) >= 11 is 0. The lowest BCUT2D eigenvalue weighted by molar-refractivity contribution is 0.152. The number of likely N-dealkylation sites (tertiary alicyclic amines) is 4. The van der Waals surface area contributed by atoms with Crippen molar-refractivity contribution in [3.8, 4) is 0 Å². The molecule has 0 atom stereocenters. The Kier molecular flexibility index (Phi) is 11.1. The highest BCUT2D eigenvalue weighted by Crippen LogP contribution is 2.11. The van der Waals surface area contributed by atoms with Crippen molar-refractivity contribution in [3.63, 3.8) is 0 Å². The molecule has 0 bridgehead atoms. The average Bonchev–Trinajstić information content (AvgIpc) is 3.63. The standard InChI is InChI=1S/C26H52N6/c1-2-10-27(9-1)17-21-31(22-18-28-11-3-4-12-28)25-26-32(23-19-29-13-5-6-14-29)24-20-30-15-7-8-16-30/h1-26H2. The van der Waals surface area contributed by atoms with Gasteiger partial charge in [0, 0.05) is 65.4 Å². The van der Waals surface area contributed by atoms with E-state index in [9.17, 15) is 0 Å². The number of hydrogen-bond donors (Lipinski definition) is 0. The van der Waals surface area contributed by atoms with E-state index in [2.05, 4.69) is 29.4 Å². The lowest BCUT2D eigenvalue weighted by Crippen LogP contribution is -2.45. The minimum absolute atomic E-state index is 1.25. The van der Waals surface area contributed by atoms with E-state index in [-0.39, 0.29) is 0 Å². The van der Waals surface area contributed by atoms with E-state index in [1.807, 2.05) is 0 Å². The molecule has 4 heterocycles. The van der Waals surface area contributed by atoms with E-state index < -0.39 is 0 Å². The van der Waals surface area contributed by atoms with Gasteiger partial charge in [-0.2, -0.15) is 0 Å². The van der Waals surface area contributed by atoms with Gasteiger partial charge in [-0.3, -0.25) is 9.80 Å². The topological polar surface area (TPSA) is 19.4 Å². The van der Waals surface area contributed by atoms with Gasteiger partial charge in [-0.05, 0) is 104 Å². The van der Waals surface area contributed by atoms with Crippen molar-refractivity contribution in [1.29, 1.82) is 0 Å². The molecule has 4 aliphatic rings. The third-order valence-electron chi connectivity index (χ3n) is 8.46. The summed E-state index contributed by atoms with van der Waals surface area (Å²) in [6, 6.07) is 0. The van der Waals surface area contributed by atoms with E-state index in [1.165, 1.54) is 169 Å². The first-order valence-electron chi connectivity index (χ1n) is 14.2. The zero-order valence-corrected chi connectivity index (χ0v) is 21.1. The van der Waals surface area contributed by atoms with E-state index >= 15 is 0 Å². The molecule has 4 saturated heterocycles. The largest absolute Gasteiger partial charge is 0.302 e. The Morgan fingerprint density at radius 1 is 0.312 bits per heavy atom. The molecule has 0 amide bonds. The molecule has 0 saturated carbocycles. The minimum Gasteiger partial charge on any atom is -0.302 e. The summed E-state index contributed by atoms with van der Waals surface area (Å²) < 4.78 is 0. The number of rotatable bonds is 15. The number of nitrogens with zero attached hydrogens (tertiary/aromatic N) is 6. The maximum absolute atomic E-state index is 2.80. The Morgan fingerprint density at radius 2 is 0.531 bits per heavy atom. The second-order valence-electron chi connectivity index (χ2n) is 10.9. The SMILES string of the molecule is C1CCN(CCN(CCN2CCCC2)CCN(CCN2CCCC2)CCN2CCCC2)C1. The van der Waals surface area contributed by atoms with Gasteiger partial charge in [0.25, 0.3) is 0 Å². The van der Waals surface area contributed by atoms with Crippen molar-refractivity contribution in [3.05, 3.63) is 0 Å². The first-order valence-corrected chi connectivity index (χ1v) is 14.2. The van der Waals surface area contributed by atoms with Crippen LogP contribution >= 0.6 is 0 Å². The molecule has 0 radical (unpaired) electrons. The smallest absolute Gasteiger partial charge is 0.0110 e. The van der Waals surface area contributed by atoms with Gasteiger partial charge in [-0.25, -0.2) is 0 Å². The van der Waals surface area contributed by atoms with Crippen molar-refractivity contribution in [1.82, 2.24) is 29.4 Å². The highest BCUT2D eigenvalue weighted by atomic mass is 15.3. The van der Waals surface area contributed by atoms with E-state index in [0.29, 0.717) is 0 Å². The minimum atomic E-state index is 1.25. The van der Waals surface area contributed by atoms with Crippen LogP contribution in [-0.4, -0.2) is 147 Å². The van der Waals surface area contributed by atoms with Crippen LogP contribution in [-0.2, 0) is 0 Å². The summed E-state index contributed by atoms with van der Waals surface area (Å²) in [7, 11) is 0. The van der Waals surface area contributed by atoms with E-state index in [4.69, 9.17) is 0 Å². The van der Waals surface area contributed by atoms with Crippen molar-refractivity contribution >= 4 is 0 Å². The third-order valence-corrected chi connectivity index (χ3v) is 8.46. The molecule has 4 aliphatic heterocycles. The quantitative estimate of drug-likeness (QED) is 0.379. The molecule has 0 aromatic rings. The summed E-state index contributed by atoms with van der Waals surface area (Å²) in [6.45, 7) is 23.3. The zero-order valence-electron chi connectivity index (χ0n) is 21.1. The van der Waals surface area contributed by atoms with Gasteiger partial charge in [0.1, 0.15) is 0 Å². The molecule has 4 rings (SSSR count). The lowest BCUT2D eigenvalue weighted by atomic mass is 10.3. The predicted octanol–water partition coefficient (Wildman–Crippen LogP) is 1.97. The van der Waals surface area contributed by atoms with Gasteiger partial charge in [0.2, 0.25) is 0 Å². The molecule has 186 valence electrons. The average molecular weight is 449 g/mol. The molecule has 6 heteroatoms. The maximum atomic E-state index is 2.80.